The van der Waals surface area contributed by atoms with Gasteiger partial charge in [0.15, 0.2) is 4.77 Å². The van der Waals surface area contributed by atoms with Crippen molar-refractivity contribution in [2.75, 3.05) is 0 Å². The largest absolute Gasteiger partial charge is 0.297 e. The number of aromatic nitrogens is 3. The number of nitrogens with zero attached hydrogens (tertiary/aromatic N) is 2. The Kier molecular flexibility index (Phi) is 4.47. The van der Waals surface area contributed by atoms with E-state index in [1.807, 2.05) is 13.0 Å². The maximum Gasteiger partial charge on any atom is 0.297 e. The molecular weight excluding hydrogens is 292 g/mol. The zero-order valence-corrected chi connectivity index (χ0v) is 12.4. The van der Waals surface area contributed by atoms with Gasteiger partial charge in [-0.05, 0) is 35.8 Å². The van der Waals surface area contributed by atoms with Crippen LogP contribution in [0.25, 0.3) is 17.8 Å². The zero-order valence-electron chi connectivity index (χ0n) is 11.6. The molecule has 1 aromatic heterocycles. The van der Waals surface area contributed by atoms with Crippen LogP contribution in [0.3, 0.4) is 0 Å². The van der Waals surface area contributed by atoms with Gasteiger partial charge in [0.25, 0.3) is 6.43 Å². The van der Waals surface area contributed by atoms with E-state index in [4.69, 9.17) is 12.2 Å². The fourth-order valence-electron chi connectivity index (χ4n) is 2.32. The van der Waals surface area contributed by atoms with Crippen molar-refractivity contribution in [3.8, 4) is 5.69 Å². The summed E-state index contributed by atoms with van der Waals surface area (Å²) in [5, 5.41) is 6.01. The van der Waals surface area contributed by atoms with Crippen molar-refractivity contribution >= 4 is 24.4 Å². The topological polar surface area (TPSA) is 33.6 Å². The van der Waals surface area contributed by atoms with Crippen molar-refractivity contribution in [2.24, 2.45) is 0 Å². The number of benzene rings is 1. The first-order chi connectivity index (χ1) is 10.0. The van der Waals surface area contributed by atoms with Crippen LogP contribution in [0.4, 0.5) is 8.78 Å². The van der Waals surface area contributed by atoms with E-state index in [0.717, 1.165) is 17.5 Å². The number of aryl methyl sites for hydroxylation is 1. The molecule has 0 aliphatic carbocycles. The molecule has 1 N–H and O–H groups in total. The minimum Gasteiger partial charge on any atom is -0.267 e. The van der Waals surface area contributed by atoms with Crippen molar-refractivity contribution in [3.05, 3.63) is 52.6 Å². The monoisotopic (exact) mass is 307 g/mol. The van der Waals surface area contributed by atoms with Crippen molar-refractivity contribution in [1.29, 1.82) is 0 Å². The zero-order chi connectivity index (χ0) is 15.6. The van der Waals surface area contributed by atoms with Crippen LogP contribution in [0.2, 0.25) is 0 Å². The van der Waals surface area contributed by atoms with Gasteiger partial charge in [-0.25, -0.2) is 8.78 Å². The van der Waals surface area contributed by atoms with Crippen molar-refractivity contribution in [1.82, 2.24) is 14.8 Å². The van der Waals surface area contributed by atoms with Gasteiger partial charge in [-0.15, -0.1) is 0 Å². The van der Waals surface area contributed by atoms with Gasteiger partial charge in [0.05, 0.1) is 5.69 Å². The molecule has 110 valence electrons. The van der Waals surface area contributed by atoms with E-state index in [9.17, 15) is 8.78 Å². The summed E-state index contributed by atoms with van der Waals surface area (Å²) in [6.07, 6.45) is 1.40. The summed E-state index contributed by atoms with van der Waals surface area (Å²) >= 11 is 5.07. The number of rotatable bonds is 5. The Bertz CT molecular complexity index is 744. The van der Waals surface area contributed by atoms with Crippen LogP contribution in [-0.4, -0.2) is 14.8 Å². The lowest BCUT2D eigenvalue weighted by Gasteiger charge is -2.15. The first kappa shape index (κ1) is 15.3. The van der Waals surface area contributed by atoms with Crippen LogP contribution < -0.4 is 0 Å². The molecule has 0 aliphatic rings. The highest BCUT2D eigenvalue weighted by Crippen LogP contribution is 2.28. The molecule has 2 aromatic rings. The fraction of sp³-hybridized carbons (Fsp3) is 0.200. The average Bonchev–Trinajstić information content (AvgIpc) is 2.87. The van der Waals surface area contributed by atoms with E-state index in [1.165, 1.54) is 4.57 Å². The molecule has 0 unspecified atom stereocenters. The third-order valence-electron chi connectivity index (χ3n) is 3.28. The maximum atomic E-state index is 13.1. The second-order valence-corrected chi connectivity index (χ2v) is 4.74. The smallest absolute Gasteiger partial charge is 0.267 e. The second kappa shape index (κ2) is 6.13. The third kappa shape index (κ3) is 2.58. The molecule has 0 aliphatic heterocycles. The van der Waals surface area contributed by atoms with Crippen LogP contribution in [-0.2, 0) is 6.42 Å². The first-order valence-corrected chi connectivity index (χ1v) is 6.82. The summed E-state index contributed by atoms with van der Waals surface area (Å²) in [7, 11) is 0. The Balaban J connectivity index is 2.82. The first-order valence-electron chi connectivity index (χ1n) is 6.41. The molecule has 0 bridgehead atoms. The van der Waals surface area contributed by atoms with E-state index < -0.39 is 12.2 Å². The standard InChI is InChI=1S/C15H15F2N3S/c1-4-9-7-8-12(11(6-3)10(9)5-2)20-14(13(16)17)18-19-15(20)21/h5-8,13H,2-4H2,1H3,(H,19,21). The molecule has 3 nitrogen and oxygen atoms in total. The van der Waals surface area contributed by atoms with E-state index in [0.29, 0.717) is 11.3 Å². The van der Waals surface area contributed by atoms with Gasteiger partial charge in [-0.3, -0.25) is 9.67 Å². The van der Waals surface area contributed by atoms with Gasteiger partial charge in [-0.1, -0.05) is 38.3 Å². The Morgan fingerprint density at radius 1 is 1.33 bits per heavy atom. The Morgan fingerprint density at radius 3 is 2.52 bits per heavy atom. The summed E-state index contributed by atoms with van der Waals surface area (Å²) < 4.78 is 27.5. The van der Waals surface area contributed by atoms with Crippen LogP contribution in [0.5, 0.6) is 0 Å². The van der Waals surface area contributed by atoms with Crippen LogP contribution >= 0.6 is 12.2 Å². The van der Waals surface area contributed by atoms with Gasteiger partial charge < -0.3 is 0 Å². The van der Waals surface area contributed by atoms with Crippen molar-refractivity contribution < 1.29 is 8.78 Å². The number of alkyl halides is 2. The lowest BCUT2D eigenvalue weighted by atomic mass is 9.97. The number of H-pyrrole nitrogens is 1. The summed E-state index contributed by atoms with van der Waals surface area (Å²) in [4.78, 5) is 0. The number of hydrogen-bond donors (Lipinski definition) is 1. The summed E-state index contributed by atoms with van der Waals surface area (Å²) in [5.74, 6) is -0.414. The van der Waals surface area contributed by atoms with Gasteiger partial charge in [0.1, 0.15) is 0 Å². The summed E-state index contributed by atoms with van der Waals surface area (Å²) in [5.41, 5.74) is 3.17. The Labute approximate surface area is 126 Å². The number of nitrogens with one attached hydrogen (secondary N) is 1. The highest BCUT2D eigenvalue weighted by Gasteiger charge is 2.20. The number of halogens is 2. The molecule has 21 heavy (non-hydrogen) atoms. The molecule has 0 fully saturated rings. The summed E-state index contributed by atoms with van der Waals surface area (Å²) in [6.45, 7) is 9.59. The second-order valence-electron chi connectivity index (χ2n) is 4.36. The number of hydrogen-bond acceptors (Lipinski definition) is 2. The van der Waals surface area contributed by atoms with E-state index >= 15 is 0 Å². The normalized spacial score (nSPS) is 10.9. The number of aromatic amines is 1. The third-order valence-corrected chi connectivity index (χ3v) is 3.55. The fourth-order valence-corrected chi connectivity index (χ4v) is 2.55. The maximum absolute atomic E-state index is 13.1. The molecule has 6 heteroatoms. The average molecular weight is 307 g/mol. The molecule has 2 rings (SSSR count). The molecule has 0 saturated carbocycles. The van der Waals surface area contributed by atoms with Gasteiger partial charge in [0, 0.05) is 5.56 Å². The lowest BCUT2D eigenvalue weighted by Crippen LogP contribution is -2.06. The molecule has 0 saturated heterocycles. The molecule has 0 radical (unpaired) electrons. The highest BCUT2D eigenvalue weighted by atomic mass is 32.1. The molecule has 1 aromatic carbocycles. The van der Waals surface area contributed by atoms with E-state index in [2.05, 4.69) is 23.4 Å². The van der Waals surface area contributed by atoms with Crippen LogP contribution in [0.1, 0.15) is 35.9 Å². The summed E-state index contributed by atoms with van der Waals surface area (Å²) in [6, 6.07) is 3.63. The van der Waals surface area contributed by atoms with Crippen LogP contribution in [0, 0.1) is 4.77 Å². The van der Waals surface area contributed by atoms with Gasteiger partial charge in [-0.2, -0.15) is 5.10 Å². The molecule has 0 amide bonds. The SMILES string of the molecule is C=Cc1c(CC)ccc(-n2c(C(F)F)n[nH]c2=S)c1C=C. The highest BCUT2D eigenvalue weighted by molar-refractivity contribution is 7.71. The van der Waals surface area contributed by atoms with Gasteiger partial charge in [0.2, 0.25) is 5.82 Å². The molecular formula is C15H15F2N3S. The quantitative estimate of drug-likeness (QED) is 0.811. The molecule has 1 heterocycles. The van der Waals surface area contributed by atoms with Crippen LogP contribution in [0.15, 0.2) is 25.3 Å². The lowest BCUT2D eigenvalue weighted by molar-refractivity contribution is 0.138. The molecule has 0 spiro atoms. The van der Waals surface area contributed by atoms with Crippen molar-refractivity contribution in [2.45, 2.75) is 19.8 Å². The minimum atomic E-state index is -2.73. The Hall–Kier alpha value is -2.08. The molecule has 0 atom stereocenters. The predicted molar refractivity (Wildman–Crippen MR) is 83.3 cm³/mol. The van der Waals surface area contributed by atoms with Gasteiger partial charge >= 0.3 is 0 Å². The van der Waals surface area contributed by atoms with E-state index in [1.54, 1.807) is 18.2 Å². The minimum absolute atomic E-state index is 0.118. The predicted octanol–water partition coefficient (Wildman–Crippen LogP) is 4.72. The Morgan fingerprint density at radius 2 is 2.00 bits per heavy atom. The van der Waals surface area contributed by atoms with E-state index in [-0.39, 0.29) is 4.77 Å². The van der Waals surface area contributed by atoms with Crippen molar-refractivity contribution in [3.63, 3.8) is 0 Å².